The van der Waals surface area contributed by atoms with Crippen molar-refractivity contribution in [1.29, 1.82) is 0 Å². The second kappa shape index (κ2) is 9.76. The Morgan fingerprint density at radius 1 is 0.879 bits per heavy atom. The number of benzene rings is 3. The smallest absolute Gasteiger partial charge is 0.272 e. The maximum Gasteiger partial charge on any atom is 0.272 e. The Morgan fingerprint density at radius 2 is 1.55 bits per heavy atom. The summed E-state index contributed by atoms with van der Waals surface area (Å²) in [6, 6.07) is 30.0. The van der Waals surface area contributed by atoms with Gasteiger partial charge in [0.2, 0.25) is 0 Å². The number of carbonyl (C=O) groups excluding carboxylic acids is 1. The number of nitrogens with zero attached hydrogens (tertiary/aromatic N) is 3. The quantitative estimate of drug-likeness (QED) is 0.435. The molecule has 1 aliphatic rings. The number of amides is 1. The first kappa shape index (κ1) is 21.0. The van der Waals surface area contributed by atoms with Crippen LogP contribution in [0.5, 0.6) is 0 Å². The van der Waals surface area contributed by atoms with Gasteiger partial charge in [-0.15, -0.1) is 0 Å². The monoisotopic (exact) mass is 434 g/mol. The fourth-order valence-electron chi connectivity index (χ4n) is 4.23. The summed E-state index contributed by atoms with van der Waals surface area (Å²) in [6.07, 6.45) is 1.72. The number of hydrogen-bond acceptors (Lipinski definition) is 4. The molecule has 4 aromatic rings. The maximum absolute atomic E-state index is 13.1. The average Bonchev–Trinajstić information content (AvgIpc) is 2.88. The van der Waals surface area contributed by atoms with E-state index in [0.29, 0.717) is 5.56 Å². The van der Waals surface area contributed by atoms with Crippen LogP contribution in [0.1, 0.15) is 28.8 Å². The van der Waals surface area contributed by atoms with Gasteiger partial charge in [-0.2, -0.15) is 5.10 Å². The lowest BCUT2D eigenvalue weighted by molar-refractivity contribution is 0.0956. The van der Waals surface area contributed by atoms with E-state index in [0.717, 1.165) is 60.3 Å². The van der Waals surface area contributed by atoms with Crippen LogP contribution < -0.4 is 5.43 Å². The summed E-state index contributed by atoms with van der Waals surface area (Å²) in [7, 11) is 0. The van der Waals surface area contributed by atoms with Crippen LogP contribution in [-0.4, -0.2) is 34.6 Å². The molecule has 0 saturated carbocycles. The summed E-state index contributed by atoms with van der Waals surface area (Å²) in [5.41, 5.74) is 8.31. The van der Waals surface area contributed by atoms with Gasteiger partial charge < -0.3 is 0 Å². The summed E-state index contributed by atoms with van der Waals surface area (Å²) in [6.45, 7) is 2.84. The van der Waals surface area contributed by atoms with Gasteiger partial charge in [0.25, 0.3) is 5.91 Å². The molecule has 0 radical (unpaired) electrons. The molecular weight excluding hydrogens is 408 g/mol. The van der Waals surface area contributed by atoms with Crippen molar-refractivity contribution in [3.05, 3.63) is 102 Å². The number of nitrogens with one attached hydrogen (secondary N) is 1. The number of pyridine rings is 1. The highest BCUT2D eigenvalue weighted by Crippen LogP contribution is 2.25. The minimum atomic E-state index is -0.204. The van der Waals surface area contributed by atoms with Gasteiger partial charge in [0.1, 0.15) is 0 Å². The van der Waals surface area contributed by atoms with Gasteiger partial charge in [-0.3, -0.25) is 9.69 Å². The standard InChI is InChI=1S/C28H26N4O/c33-28(31-30-23-15-17-32(18-16-23)20-21-9-3-1-4-10-21)25-19-27(22-11-5-2-6-12-22)29-26-14-8-7-13-24(25)26/h1-14,19H,15-18,20H2,(H,31,33). The highest BCUT2D eigenvalue weighted by molar-refractivity contribution is 6.07. The van der Waals surface area contributed by atoms with Crippen molar-refractivity contribution in [2.24, 2.45) is 5.10 Å². The minimum Gasteiger partial charge on any atom is -0.298 e. The predicted octanol–water partition coefficient (Wildman–Crippen LogP) is 5.28. The molecule has 1 saturated heterocycles. The molecule has 5 nitrogen and oxygen atoms in total. The Kier molecular flexibility index (Phi) is 6.22. The van der Waals surface area contributed by atoms with Crippen LogP contribution in [0, 0.1) is 0 Å². The number of hydrazone groups is 1. The lowest BCUT2D eigenvalue weighted by Crippen LogP contribution is -2.34. The topological polar surface area (TPSA) is 57.6 Å². The molecule has 1 fully saturated rings. The Hall–Kier alpha value is -3.83. The highest BCUT2D eigenvalue weighted by Gasteiger charge is 2.17. The average molecular weight is 435 g/mol. The zero-order valence-corrected chi connectivity index (χ0v) is 18.4. The van der Waals surface area contributed by atoms with E-state index in [1.54, 1.807) is 0 Å². The zero-order chi connectivity index (χ0) is 22.5. The number of hydrogen-bond donors (Lipinski definition) is 1. The van der Waals surface area contributed by atoms with Gasteiger partial charge in [0.05, 0.1) is 16.8 Å². The van der Waals surface area contributed by atoms with Gasteiger partial charge in [0, 0.05) is 49.1 Å². The van der Waals surface area contributed by atoms with Gasteiger partial charge in [-0.05, 0) is 17.7 Å². The van der Waals surface area contributed by atoms with E-state index in [9.17, 15) is 4.79 Å². The van der Waals surface area contributed by atoms with Crippen LogP contribution in [0.3, 0.4) is 0 Å². The molecule has 0 atom stereocenters. The second-order valence-electron chi connectivity index (χ2n) is 8.32. The molecule has 1 aliphatic heterocycles. The minimum absolute atomic E-state index is 0.204. The molecule has 2 heterocycles. The van der Waals surface area contributed by atoms with Gasteiger partial charge in [-0.1, -0.05) is 78.9 Å². The Bertz CT molecular complexity index is 1280. The molecule has 1 amide bonds. The maximum atomic E-state index is 13.1. The Morgan fingerprint density at radius 3 is 2.30 bits per heavy atom. The molecule has 0 spiro atoms. The lowest BCUT2D eigenvalue weighted by Gasteiger charge is -2.27. The third-order valence-electron chi connectivity index (χ3n) is 6.03. The molecule has 5 heteroatoms. The molecule has 0 bridgehead atoms. The number of rotatable bonds is 5. The van der Waals surface area contributed by atoms with Crippen molar-refractivity contribution in [2.45, 2.75) is 19.4 Å². The van der Waals surface area contributed by atoms with E-state index < -0.39 is 0 Å². The second-order valence-corrected chi connectivity index (χ2v) is 8.32. The van der Waals surface area contributed by atoms with E-state index in [4.69, 9.17) is 4.98 Å². The van der Waals surface area contributed by atoms with Gasteiger partial charge >= 0.3 is 0 Å². The molecule has 5 rings (SSSR count). The molecule has 1 aromatic heterocycles. The zero-order valence-electron chi connectivity index (χ0n) is 18.4. The number of carbonyl (C=O) groups is 1. The normalized spacial score (nSPS) is 14.2. The molecule has 3 aromatic carbocycles. The largest absolute Gasteiger partial charge is 0.298 e. The summed E-state index contributed by atoms with van der Waals surface area (Å²) < 4.78 is 0. The molecule has 0 unspecified atom stereocenters. The third-order valence-corrected chi connectivity index (χ3v) is 6.03. The van der Waals surface area contributed by atoms with Crippen LogP contribution in [0.25, 0.3) is 22.2 Å². The van der Waals surface area contributed by atoms with Crippen LogP contribution in [0.4, 0.5) is 0 Å². The summed E-state index contributed by atoms with van der Waals surface area (Å²) >= 11 is 0. The Labute approximate surface area is 193 Å². The van der Waals surface area contributed by atoms with E-state index in [1.165, 1.54) is 5.56 Å². The third kappa shape index (κ3) is 4.99. The number of likely N-dealkylation sites (tertiary alicyclic amines) is 1. The Balaban J connectivity index is 1.30. The van der Waals surface area contributed by atoms with Crippen molar-refractivity contribution < 1.29 is 4.79 Å². The number of para-hydroxylation sites is 1. The van der Waals surface area contributed by atoms with Crippen LogP contribution >= 0.6 is 0 Å². The highest BCUT2D eigenvalue weighted by atomic mass is 16.2. The van der Waals surface area contributed by atoms with E-state index in [1.807, 2.05) is 66.7 Å². The van der Waals surface area contributed by atoms with Crippen molar-refractivity contribution in [3.63, 3.8) is 0 Å². The van der Waals surface area contributed by atoms with Crippen molar-refractivity contribution in [3.8, 4) is 11.3 Å². The van der Waals surface area contributed by atoms with Crippen molar-refractivity contribution in [2.75, 3.05) is 13.1 Å². The summed E-state index contributed by atoms with van der Waals surface area (Å²) in [4.78, 5) is 20.3. The van der Waals surface area contributed by atoms with E-state index in [2.05, 4.69) is 39.7 Å². The fraction of sp³-hybridized carbons (Fsp3) is 0.179. The molecular formula is C28H26N4O. The van der Waals surface area contributed by atoms with Crippen LogP contribution in [0.2, 0.25) is 0 Å². The molecule has 0 aliphatic carbocycles. The first-order valence-corrected chi connectivity index (χ1v) is 11.3. The van der Waals surface area contributed by atoms with Crippen LogP contribution in [-0.2, 0) is 6.54 Å². The van der Waals surface area contributed by atoms with Crippen molar-refractivity contribution >= 4 is 22.5 Å². The summed E-state index contributed by atoms with van der Waals surface area (Å²) in [5.74, 6) is -0.204. The first-order valence-electron chi connectivity index (χ1n) is 11.3. The lowest BCUT2D eigenvalue weighted by atomic mass is 10.0. The molecule has 164 valence electrons. The van der Waals surface area contributed by atoms with E-state index >= 15 is 0 Å². The number of piperidine rings is 1. The van der Waals surface area contributed by atoms with E-state index in [-0.39, 0.29) is 5.91 Å². The summed E-state index contributed by atoms with van der Waals surface area (Å²) in [5, 5.41) is 5.31. The number of fused-ring (bicyclic) bond motifs is 1. The molecule has 33 heavy (non-hydrogen) atoms. The van der Waals surface area contributed by atoms with Gasteiger partial charge in [0.15, 0.2) is 0 Å². The van der Waals surface area contributed by atoms with Gasteiger partial charge in [-0.25, -0.2) is 10.4 Å². The SMILES string of the molecule is O=C(NN=C1CCN(Cc2ccccc2)CC1)c1cc(-c2ccccc2)nc2ccccc12. The van der Waals surface area contributed by atoms with Crippen LogP contribution in [0.15, 0.2) is 96.1 Å². The first-order chi connectivity index (χ1) is 16.3. The number of aromatic nitrogens is 1. The van der Waals surface area contributed by atoms with Crippen molar-refractivity contribution in [1.82, 2.24) is 15.3 Å². The predicted molar refractivity (Wildman–Crippen MR) is 133 cm³/mol. The molecule has 1 N–H and O–H groups in total. The fourth-order valence-corrected chi connectivity index (χ4v) is 4.23.